The lowest BCUT2D eigenvalue weighted by Gasteiger charge is -2.19. The summed E-state index contributed by atoms with van der Waals surface area (Å²) in [6.45, 7) is 0.108. The Bertz CT molecular complexity index is 811. The number of aromatic nitrogens is 1. The van der Waals surface area contributed by atoms with Gasteiger partial charge in [-0.15, -0.1) is 0 Å². The monoisotopic (exact) mass is 345 g/mol. The van der Waals surface area contributed by atoms with Gasteiger partial charge < -0.3 is 9.73 Å². The van der Waals surface area contributed by atoms with Crippen molar-refractivity contribution in [2.24, 2.45) is 0 Å². The van der Waals surface area contributed by atoms with Crippen molar-refractivity contribution in [3.63, 3.8) is 0 Å². The van der Waals surface area contributed by atoms with Crippen molar-refractivity contribution in [2.75, 3.05) is 0 Å². The topological polar surface area (TPSA) is 75.4 Å². The Kier molecular flexibility index (Phi) is 3.57. The number of urea groups is 1. The maximum atomic E-state index is 12.6. The van der Waals surface area contributed by atoms with Crippen LogP contribution in [0.5, 0.6) is 0 Å². The summed E-state index contributed by atoms with van der Waals surface area (Å²) < 4.78 is 5.46. The molecule has 3 amide bonds. The van der Waals surface area contributed by atoms with Crippen LogP contribution in [0.2, 0.25) is 5.02 Å². The first-order valence-corrected chi connectivity index (χ1v) is 8.30. The highest BCUT2D eigenvalue weighted by atomic mass is 35.5. The van der Waals surface area contributed by atoms with Crippen LogP contribution in [-0.4, -0.2) is 27.4 Å². The van der Waals surface area contributed by atoms with Crippen molar-refractivity contribution in [3.05, 3.63) is 41.2 Å². The molecule has 1 aromatic heterocycles. The Labute approximate surface area is 143 Å². The molecule has 2 fully saturated rings. The molecule has 1 spiro atoms. The molecule has 1 saturated carbocycles. The average molecular weight is 346 g/mol. The minimum atomic E-state index is -0.698. The quantitative estimate of drug-likeness (QED) is 0.865. The molecule has 0 unspecified atom stereocenters. The second-order valence-corrected chi connectivity index (χ2v) is 6.70. The molecular formula is C17H16ClN3O3. The van der Waals surface area contributed by atoms with E-state index in [-0.39, 0.29) is 18.5 Å². The van der Waals surface area contributed by atoms with E-state index in [1.807, 2.05) is 12.1 Å². The fourth-order valence-corrected chi connectivity index (χ4v) is 3.62. The summed E-state index contributed by atoms with van der Waals surface area (Å²) in [6, 6.07) is 6.81. The third-order valence-corrected chi connectivity index (χ3v) is 4.88. The molecule has 4 rings (SSSR count). The molecule has 0 radical (unpaired) electrons. The van der Waals surface area contributed by atoms with Gasteiger partial charge in [-0.3, -0.25) is 9.69 Å². The molecule has 7 heteroatoms. The van der Waals surface area contributed by atoms with E-state index in [9.17, 15) is 9.59 Å². The SMILES string of the molecule is O=C1NC2(CCCC2)C(=O)N1Cc1coc(-c2cccc(Cl)c2)n1. The number of amides is 3. The fourth-order valence-electron chi connectivity index (χ4n) is 3.43. The summed E-state index contributed by atoms with van der Waals surface area (Å²) in [5, 5.41) is 3.44. The van der Waals surface area contributed by atoms with E-state index in [4.69, 9.17) is 16.0 Å². The molecule has 1 aromatic carbocycles. The predicted molar refractivity (Wildman–Crippen MR) is 87.2 cm³/mol. The van der Waals surface area contributed by atoms with E-state index >= 15 is 0 Å². The smallest absolute Gasteiger partial charge is 0.325 e. The maximum absolute atomic E-state index is 12.6. The van der Waals surface area contributed by atoms with Crippen LogP contribution in [0.25, 0.3) is 11.5 Å². The number of halogens is 1. The Morgan fingerprint density at radius 3 is 2.83 bits per heavy atom. The number of rotatable bonds is 3. The zero-order chi connectivity index (χ0) is 16.7. The molecule has 2 heterocycles. The lowest BCUT2D eigenvalue weighted by Crippen LogP contribution is -2.44. The number of hydrogen-bond donors (Lipinski definition) is 1. The van der Waals surface area contributed by atoms with Gasteiger partial charge in [-0.25, -0.2) is 9.78 Å². The highest BCUT2D eigenvalue weighted by molar-refractivity contribution is 6.30. The number of benzene rings is 1. The van der Waals surface area contributed by atoms with Crippen molar-refractivity contribution in [3.8, 4) is 11.5 Å². The molecule has 124 valence electrons. The van der Waals surface area contributed by atoms with Crippen LogP contribution in [0, 0.1) is 0 Å². The van der Waals surface area contributed by atoms with Crippen LogP contribution in [-0.2, 0) is 11.3 Å². The van der Waals surface area contributed by atoms with Gasteiger partial charge in [0.15, 0.2) is 0 Å². The number of nitrogens with one attached hydrogen (secondary N) is 1. The molecule has 1 saturated heterocycles. The second-order valence-electron chi connectivity index (χ2n) is 6.27. The van der Waals surface area contributed by atoms with Crippen LogP contribution >= 0.6 is 11.6 Å². The summed E-state index contributed by atoms with van der Waals surface area (Å²) in [6.07, 6.45) is 4.81. The van der Waals surface area contributed by atoms with Crippen LogP contribution in [0.4, 0.5) is 4.79 Å². The number of carbonyl (C=O) groups is 2. The first-order valence-electron chi connectivity index (χ1n) is 7.92. The fraction of sp³-hybridized carbons (Fsp3) is 0.353. The molecule has 2 aliphatic rings. The minimum absolute atomic E-state index is 0.108. The molecule has 24 heavy (non-hydrogen) atoms. The molecule has 0 bridgehead atoms. The molecule has 2 aromatic rings. The van der Waals surface area contributed by atoms with E-state index in [0.717, 1.165) is 18.4 Å². The van der Waals surface area contributed by atoms with Gasteiger partial charge in [0.1, 0.15) is 11.8 Å². The van der Waals surface area contributed by atoms with Crippen LogP contribution < -0.4 is 5.32 Å². The Morgan fingerprint density at radius 1 is 1.29 bits per heavy atom. The summed E-state index contributed by atoms with van der Waals surface area (Å²) >= 11 is 5.97. The van der Waals surface area contributed by atoms with Gasteiger partial charge in [-0.2, -0.15) is 0 Å². The summed E-state index contributed by atoms with van der Waals surface area (Å²) in [4.78, 5) is 30.4. The lowest BCUT2D eigenvalue weighted by molar-refractivity contribution is -0.131. The molecule has 6 nitrogen and oxygen atoms in total. The van der Waals surface area contributed by atoms with Gasteiger partial charge in [0.05, 0.1) is 12.2 Å². The summed E-state index contributed by atoms with van der Waals surface area (Å²) in [5.41, 5.74) is 0.582. The van der Waals surface area contributed by atoms with E-state index in [1.165, 1.54) is 11.2 Å². The van der Waals surface area contributed by atoms with E-state index < -0.39 is 5.54 Å². The molecule has 1 N–H and O–H groups in total. The summed E-state index contributed by atoms with van der Waals surface area (Å²) in [7, 11) is 0. The van der Waals surface area contributed by atoms with Crippen molar-refractivity contribution >= 4 is 23.5 Å². The third-order valence-electron chi connectivity index (χ3n) is 4.65. The maximum Gasteiger partial charge on any atom is 0.325 e. The Morgan fingerprint density at radius 2 is 2.08 bits per heavy atom. The number of hydrogen-bond acceptors (Lipinski definition) is 4. The minimum Gasteiger partial charge on any atom is -0.444 e. The lowest BCUT2D eigenvalue weighted by atomic mass is 9.98. The summed E-state index contributed by atoms with van der Waals surface area (Å²) in [5.74, 6) is 0.257. The largest absolute Gasteiger partial charge is 0.444 e. The van der Waals surface area contributed by atoms with Gasteiger partial charge in [-0.05, 0) is 31.0 Å². The highest BCUT2D eigenvalue weighted by Gasteiger charge is 2.52. The first-order chi connectivity index (χ1) is 11.6. The zero-order valence-corrected chi connectivity index (χ0v) is 13.7. The van der Waals surface area contributed by atoms with Gasteiger partial charge in [0.25, 0.3) is 5.91 Å². The van der Waals surface area contributed by atoms with Crippen molar-refractivity contribution in [1.29, 1.82) is 0 Å². The highest BCUT2D eigenvalue weighted by Crippen LogP contribution is 2.35. The molecule has 0 atom stereocenters. The number of nitrogens with zero attached hydrogens (tertiary/aromatic N) is 2. The normalized spacial score (nSPS) is 19.3. The second kappa shape index (κ2) is 5.63. The number of carbonyl (C=O) groups excluding carboxylic acids is 2. The van der Waals surface area contributed by atoms with E-state index in [1.54, 1.807) is 12.1 Å². The predicted octanol–water partition coefficient (Wildman–Crippen LogP) is 3.36. The van der Waals surface area contributed by atoms with Crippen molar-refractivity contribution in [2.45, 2.75) is 37.8 Å². The standard InChI is InChI=1S/C17H16ClN3O3/c18-12-5-3-4-11(8-12)14-19-13(10-24-14)9-21-15(22)17(20-16(21)23)6-1-2-7-17/h3-5,8,10H,1-2,6-7,9H2,(H,20,23). The first kappa shape index (κ1) is 15.2. The molecule has 1 aliphatic heterocycles. The van der Waals surface area contributed by atoms with Gasteiger partial charge in [-0.1, -0.05) is 30.5 Å². The number of oxazole rings is 1. The zero-order valence-electron chi connectivity index (χ0n) is 12.9. The molecule has 1 aliphatic carbocycles. The van der Waals surface area contributed by atoms with E-state index in [0.29, 0.717) is 29.4 Å². The third kappa shape index (κ3) is 2.47. The Hall–Kier alpha value is -2.34. The van der Waals surface area contributed by atoms with Crippen LogP contribution in [0.3, 0.4) is 0 Å². The molecular weight excluding hydrogens is 330 g/mol. The van der Waals surface area contributed by atoms with Crippen molar-refractivity contribution in [1.82, 2.24) is 15.2 Å². The van der Waals surface area contributed by atoms with Gasteiger partial charge in [0.2, 0.25) is 5.89 Å². The van der Waals surface area contributed by atoms with Crippen molar-refractivity contribution < 1.29 is 14.0 Å². The van der Waals surface area contributed by atoms with Crippen LogP contribution in [0.1, 0.15) is 31.4 Å². The van der Waals surface area contributed by atoms with Gasteiger partial charge >= 0.3 is 6.03 Å². The van der Waals surface area contributed by atoms with Crippen LogP contribution in [0.15, 0.2) is 34.9 Å². The average Bonchev–Trinajstić information content (AvgIpc) is 3.26. The van der Waals surface area contributed by atoms with Gasteiger partial charge in [0, 0.05) is 10.6 Å². The number of imide groups is 1. The van der Waals surface area contributed by atoms with E-state index in [2.05, 4.69) is 10.3 Å². The Balaban J connectivity index is 1.54.